The summed E-state index contributed by atoms with van der Waals surface area (Å²) < 4.78 is 31.7. The molecule has 1 atom stereocenters. The van der Waals surface area contributed by atoms with Crippen molar-refractivity contribution in [1.82, 2.24) is 0 Å². The molecular weight excluding hydrogens is 261 g/mol. The number of carboxylic acids is 1. The maximum absolute atomic E-state index is 10.6. The van der Waals surface area contributed by atoms with Crippen LogP contribution >= 0.6 is 0 Å². The summed E-state index contributed by atoms with van der Waals surface area (Å²) in [6, 6.07) is 7.76. The van der Waals surface area contributed by atoms with Crippen molar-refractivity contribution in [3.63, 3.8) is 0 Å². The van der Waals surface area contributed by atoms with Crippen LogP contribution in [0.3, 0.4) is 0 Å². The van der Waals surface area contributed by atoms with Crippen LogP contribution in [-0.4, -0.2) is 17.3 Å². The molecule has 0 spiro atoms. The van der Waals surface area contributed by atoms with Crippen LogP contribution in [0.5, 0.6) is 0 Å². The Morgan fingerprint density at radius 1 is 1.47 bits per heavy atom. The summed E-state index contributed by atoms with van der Waals surface area (Å²) in [5.74, 6) is -2.76. The monoisotopic (exact) mass is 274 g/mol. The van der Waals surface area contributed by atoms with Gasteiger partial charge in [0.1, 0.15) is 0 Å². The molecule has 0 heterocycles. The Bertz CT molecular complexity index is 491. The van der Waals surface area contributed by atoms with Gasteiger partial charge in [0.15, 0.2) is 0 Å². The molecule has 0 bridgehead atoms. The van der Waals surface area contributed by atoms with Crippen LogP contribution in [0.25, 0.3) is 0 Å². The van der Waals surface area contributed by atoms with E-state index in [0.717, 1.165) is 11.1 Å². The van der Waals surface area contributed by atoms with Crippen molar-refractivity contribution in [2.45, 2.75) is 26.1 Å². The number of nitrogens with zero attached hydrogens (tertiary/aromatic N) is 1. The average molecular weight is 274 g/mol. The molecule has 0 saturated carbocycles. The van der Waals surface area contributed by atoms with Crippen molar-refractivity contribution in [2.75, 3.05) is 0 Å². The zero-order valence-electron chi connectivity index (χ0n) is 10.3. The molecule has 3 N–H and O–H groups in total. The third-order valence-electron chi connectivity index (χ3n) is 2.23. The third kappa shape index (κ3) is 5.40. The normalized spacial score (nSPS) is 11.8. The van der Waals surface area contributed by atoms with Crippen LogP contribution in [0.1, 0.15) is 29.7 Å². The second kappa shape index (κ2) is 6.75. The second-order valence-corrected chi connectivity index (χ2v) is 3.72. The van der Waals surface area contributed by atoms with Crippen LogP contribution < -0.4 is 5.73 Å². The van der Waals surface area contributed by atoms with Crippen molar-refractivity contribution in [3.05, 3.63) is 34.9 Å². The first kappa shape index (κ1) is 16.9. The van der Waals surface area contributed by atoms with E-state index in [0.29, 0.717) is 5.56 Å². The van der Waals surface area contributed by atoms with Gasteiger partial charge in [-0.1, -0.05) is 12.1 Å². The van der Waals surface area contributed by atoms with E-state index in [1.165, 1.54) is 0 Å². The molecule has 0 aliphatic rings. The van der Waals surface area contributed by atoms with Crippen LogP contribution in [0.2, 0.25) is 0 Å². The molecule has 19 heavy (non-hydrogen) atoms. The van der Waals surface area contributed by atoms with E-state index in [1.54, 1.807) is 6.07 Å². The summed E-state index contributed by atoms with van der Waals surface area (Å²) in [7, 11) is 0. The van der Waals surface area contributed by atoms with E-state index < -0.39 is 12.1 Å². The zero-order valence-corrected chi connectivity index (χ0v) is 10.3. The summed E-state index contributed by atoms with van der Waals surface area (Å²) in [5, 5.41) is 15.9. The first-order valence-corrected chi connectivity index (χ1v) is 5.16. The largest absolute Gasteiger partial charge is 0.490 e. The molecule has 0 radical (unpaired) electrons. The number of hydrogen-bond acceptors (Lipinski definition) is 3. The van der Waals surface area contributed by atoms with Gasteiger partial charge in [0.05, 0.1) is 11.6 Å². The van der Waals surface area contributed by atoms with Gasteiger partial charge in [-0.25, -0.2) is 4.79 Å². The lowest BCUT2D eigenvalue weighted by molar-refractivity contribution is -0.192. The number of hydrogen-bond donors (Lipinski definition) is 2. The minimum absolute atomic E-state index is 0.00157. The zero-order chi connectivity index (χ0) is 15.2. The van der Waals surface area contributed by atoms with Gasteiger partial charge in [0.25, 0.3) is 0 Å². The number of rotatable bonds is 1. The Kier molecular flexibility index (Phi) is 6.02. The van der Waals surface area contributed by atoms with Crippen molar-refractivity contribution >= 4 is 5.97 Å². The predicted molar refractivity (Wildman–Crippen MR) is 62.2 cm³/mol. The van der Waals surface area contributed by atoms with Crippen molar-refractivity contribution in [1.29, 1.82) is 5.26 Å². The molecule has 1 aromatic carbocycles. The number of aliphatic carboxylic acids is 1. The smallest absolute Gasteiger partial charge is 0.475 e. The van der Waals surface area contributed by atoms with E-state index >= 15 is 0 Å². The molecule has 0 aliphatic carbocycles. The van der Waals surface area contributed by atoms with Crippen molar-refractivity contribution < 1.29 is 23.1 Å². The summed E-state index contributed by atoms with van der Waals surface area (Å²) in [5.41, 5.74) is 8.49. The van der Waals surface area contributed by atoms with Crippen molar-refractivity contribution in [2.24, 2.45) is 5.73 Å². The van der Waals surface area contributed by atoms with Crippen LogP contribution in [0, 0.1) is 18.3 Å². The van der Waals surface area contributed by atoms with Gasteiger partial charge in [-0.3, -0.25) is 0 Å². The maximum Gasteiger partial charge on any atom is 0.490 e. The minimum atomic E-state index is -5.08. The van der Waals surface area contributed by atoms with Crippen molar-refractivity contribution in [3.8, 4) is 6.07 Å². The van der Waals surface area contributed by atoms with Crippen LogP contribution in [0.4, 0.5) is 13.2 Å². The Labute approximate surface area is 108 Å². The number of halogens is 3. The summed E-state index contributed by atoms with van der Waals surface area (Å²) in [6.45, 7) is 3.85. The number of nitrogens with two attached hydrogens (primary N) is 1. The SMILES string of the molecule is Cc1c(C#N)cccc1[C@@H](C)N.O=C(O)C(F)(F)F. The standard InChI is InChI=1S/C10H12N2.C2HF3O2/c1-7-9(6-11)4-3-5-10(7)8(2)12;3-2(4,5)1(6)7/h3-5,8H,12H2,1-2H3;(H,6,7)/t8-;/m1./s1. The van der Waals surface area contributed by atoms with Gasteiger partial charge < -0.3 is 10.8 Å². The molecule has 1 aromatic rings. The molecule has 0 fully saturated rings. The number of carbonyl (C=O) groups is 1. The highest BCUT2D eigenvalue weighted by Crippen LogP contribution is 2.17. The molecule has 0 aliphatic heterocycles. The number of alkyl halides is 3. The third-order valence-corrected chi connectivity index (χ3v) is 2.23. The quantitative estimate of drug-likeness (QED) is 0.823. The molecule has 0 aromatic heterocycles. The molecule has 7 heteroatoms. The molecule has 0 unspecified atom stereocenters. The molecule has 4 nitrogen and oxygen atoms in total. The van der Waals surface area contributed by atoms with E-state index in [9.17, 15) is 13.2 Å². The molecule has 1 rings (SSSR count). The van der Waals surface area contributed by atoms with Gasteiger partial charge in [0, 0.05) is 6.04 Å². The fourth-order valence-corrected chi connectivity index (χ4v) is 1.27. The van der Waals surface area contributed by atoms with E-state index in [2.05, 4.69) is 6.07 Å². The van der Waals surface area contributed by atoms with Gasteiger partial charge >= 0.3 is 12.1 Å². The van der Waals surface area contributed by atoms with Gasteiger partial charge in [-0.15, -0.1) is 0 Å². The van der Waals surface area contributed by atoms with E-state index in [4.69, 9.17) is 20.9 Å². The Hall–Kier alpha value is -2.07. The van der Waals surface area contributed by atoms with Crippen LogP contribution in [-0.2, 0) is 4.79 Å². The molecule has 0 amide bonds. The Balaban J connectivity index is 0.000000399. The lowest BCUT2D eigenvalue weighted by Gasteiger charge is -2.09. The highest BCUT2D eigenvalue weighted by atomic mass is 19.4. The van der Waals surface area contributed by atoms with E-state index in [1.807, 2.05) is 26.0 Å². The minimum Gasteiger partial charge on any atom is -0.475 e. The fourth-order valence-electron chi connectivity index (χ4n) is 1.27. The lowest BCUT2D eigenvalue weighted by Crippen LogP contribution is -2.21. The molecular formula is C12H13F3N2O2. The van der Waals surface area contributed by atoms with E-state index in [-0.39, 0.29) is 6.04 Å². The number of benzene rings is 1. The highest BCUT2D eigenvalue weighted by molar-refractivity contribution is 5.73. The summed E-state index contributed by atoms with van der Waals surface area (Å²) >= 11 is 0. The first-order chi connectivity index (χ1) is 8.61. The molecule has 104 valence electrons. The summed E-state index contributed by atoms with van der Waals surface area (Å²) in [4.78, 5) is 8.90. The maximum atomic E-state index is 10.6. The fraction of sp³-hybridized carbons (Fsp3) is 0.333. The van der Waals surface area contributed by atoms with Gasteiger partial charge in [0.2, 0.25) is 0 Å². The predicted octanol–water partition coefficient (Wildman–Crippen LogP) is 2.52. The second-order valence-electron chi connectivity index (χ2n) is 3.72. The van der Waals surface area contributed by atoms with Gasteiger partial charge in [-0.05, 0) is 31.0 Å². The molecule has 0 saturated heterocycles. The van der Waals surface area contributed by atoms with Crippen LogP contribution in [0.15, 0.2) is 18.2 Å². The lowest BCUT2D eigenvalue weighted by atomic mass is 9.99. The number of nitriles is 1. The highest BCUT2D eigenvalue weighted by Gasteiger charge is 2.38. The topological polar surface area (TPSA) is 87.1 Å². The summed E-state index contributed by atoms with van der Waals surface area (Å²) in [6.07, 6.45) is -5.08. The Morgan fingerprint density at radius 3 is 2.26 bits per heavy atom. The first-order valence-electron chi connectivity index (χ1n) is 5.16. The average Bonchev–Trinajstić information content (AvgIpc) is 2.28. The Morgan fingerprint density at radius 2 is 1.95 bits per heavy atom. The van der Waals surface area contributed by atoms with Gasteiger partial charge in [-0.2, -0.15) is 18.4 Å². The number of carboxylic acid groups (broad SMARTS) is 1.